The number of hydrogen-bond acceptors (Lipinski definition) is 2. The van der Waals surface area contributed by atoms with E-state index in [2.05, 4.69) is 24.1 Å². The molecule has 0 spiro atoms. The molecule has 0 aromatic heterocycles. The third-order valence-electron chi connectivity index (χ3n) is 4.72. The average Bonchev–Trinajstić information content (AvgIpc) is 2.31. The van der Waals surface area contributed by atoms with Gasteiger partial charge in [-0.25, -0.2) is 0 Å². The Hall–Kier alpha value is -0.0800. The zero-order valence-electron chi connectivity index (χ0n) is 11.8. The lowest BCUT2D eigenvalue weighted by molar-refractivity contribution is 0.0629. The van der Waals surface area contributed by atoms with Gasteiger partial charge in [0.05, 0.1) is 0 Å². The van der Waals surface area contributed by atoms with Crippen molar-refractivity contribution in [2.75, 3.05) is 19.6 Å². The Kier molecular flexibility index (Phi) is 5.30. The van der Waals surface area contributed by atoms with Gasteiger partial charge in [0.1, 0.15) is 0 Å². The van der Waals surface area contributed by atoms with Crippen LogP contribution in [0, 0.1) is 5.92 Å². The molecular weight excluding hydrogens is 208 g/mol. The van der Waals surface area contributed by atoms with E-state index >= 15 is 0 Å². The summed E-state index contributed by atoms with van der Waals surface area (Å²) in [6.45, 7) is 8.48. The number of nitrogens with zero attached hydrogens (tertiary/aromatic N) is 1. The van der Waals surface area contributed by atoms with Crippen LogP contribution in [-0.4, -0.2) is 36.6 Å². The zero-order valence-corrected chi connectivity index (χ0v) is 11.8. The molecule has 2 heteroatoms. The molecule has 0 radical (unpaired) electrons. The number of nitrogens with one attached hydrogen (secondary N) is 1. The molecule has 100 valence electrons. The fraction of sp³-hybridized carbons (Fsp3) is 1.00. The van der Waals surface area contributed by atoms with Gasteiger partial charge in [-0.15, -0.1) is 0 Å². The number of piperidine rings is 1. The van der Waals surface area contributed by atoms with E-state index in [1.807, 2.05) is 0 Å². The molecule has 0 amide bonds. The Labute approximate surface area is 107 Å². The van der Waals surface area contributed by atoms with E-state index in [0.29, 0.717) is 0 Å². The highest BCUT2D eigenvalue weighted by Gasteiger charge is 2.32. The first-order valence-corrected chi connectivity index (χ1v) is 7.82. The second-order valence-electron chi connectivity index (χ2n) is 5.95. The van der Waals surface area contributed by atoms with Crippen LogP contribution in [0.5, 0.6) is 0 Å². The molecule has 1 aliphatic heterocycles. The standard InChI is InChI=1S/C15H30N2/c1-3-10-16-14-9-6-11-17(12-14)15(4-2)13-7-5-8-13/h13-16H,3-12H2,1-2H3. The monoisotopic (exact) mass is 238 g/mol. The summed E-state index contributed by atoms with van der Waals surface area (Å²) in [6.07, 6.45) is 9.85. The van der Waals surface area contributed by atoms with Gasteiger partial charge in [-0.1, -0.05) is 20.3 Å². The molecule has 0 aromatic rings. The molecule has 1 N–H and O–H groups in total. The van der Waals surface area contributed by atoms with Gasteiger partial charge in [0.25, 0.3) is 0 Å². The van der Waals surface area contributed by atoms with Gasteiger partial charge in [0.2, 0.25) is 0 Å². The summed E-state index contributed by atoms with van der Waals surface area (Å²) >= 11 is 0. The lowest BCUT2D eigenvalue weighted by atomic mass is 9.77. The van der Waals surface area contributed by atoms with Crippen molar-refractivity contribution < 1.29 is 0 Å². The van der Waals surface area contributed by atoms with Gasteiger partial charge in [-0.3, -0.25) is 4.90 Å². The Balaban J connectivity index is 1.81. The van der Waals surface area contributed by atoms with Crippen molar-refractivity contribution in [3.8, 4) is 0 Å². The summed E-state index contributed by atoms with van der Waals surface area (Å²) in [5, 5.41) is 3.71. The molecule has 17 heavy (non-hydrogen) atoms. The molecule has 0 bridgehead atoms. The summed E-state index contributed by atoms with van der Waals surface area (Å²) in [7, 11) is 0. The first-order chi connectivity index (χ1) is 8.35. The Morgan fingerprint density at radius 3 is 2.59 bits per heavy atom. The highest BCUT2D eigenvalue weighted by atomic mass is 15.2. The number of hydrogen-bond donors (Lipinski definition) is 1. The molecular formula is C15H30N2. The maximum Gasteiger partial charge on any atom is 0.0195 e. The van der Waals surface area contributed by atoms with Gasteiger partial charge < -0.3 is 5.32 Å². The third kappa shape index (κ3) is 3.45. The first kappa shape index (κ1) is 13.4. The molecule has 1 saturated carbocycles. The molecule has 0 aromatic carbocycles. The van der Waals surface area contributed by atoms with Gasteiger partial charge >= 0.3 is 0 Å². The Morgan fingerprint density at radius 2 is 2.00 bits per heavy atom. The summed E-state index contributed by atoms with van der Waals surface area (Å²) < 4.78 is 0. The van der Waals surface area contributed by atoms with Crippen molar-refractivity contribution in [2.24, 2.45) is 5.92 Å². The average molecular weight is 238 g/mol. The molecule has 2 rings (SSSR count). The molecule has 2 fully saturated rings. The highest BCUT2D eigenvalue weighted by Crippen LogP contribution is 2.34. The smallest absolute Gasteiger partial charge is 0.0195 e. The van der Waals surface area contributed by atoms with Gasteiger partial charge in [0, 0.05) is 18.6 Å². The van der Waals surface area contributed by atoms with E-state index in [0.717, 1.165) is 18.0 Å². The molecule has 1 aliphatic carbocycles. The predicted octanol–water partition coefficient (Wildman–Crippen LogP) is 3.03. The van der Waals surface area contributed by atoms with Gasteiger partial charge in [-0.2, -0.15) is 0 Å². The predicted molar refractivity (Wildman–Crippen MR) is 74.3 cm³/mol. The van der Waals surface area contributed by atoms with Crippen LogP contribution in [0.4, 0.5) is 0 Å². The van der Waals surface area contributed by atoms with E-state index in [9.17, 15) is 0 Å². The minimum Gasteiger partial charge on any atom is -0.313 e. The number of likely N-dealkylation sites (tertiary alicyclic amines) is 1. The number of rotatable bonds is 6. The maximum atomic E-state index is 3.71. The topological polar surface area (TPSA) is 15.3 Å². The molecule has 2 unspecified atom stereocenters. The van der Waals surface area contributed by atoms with Crippen LogP contribution in [0.1, 0.15) is 58.8 Å². The van der Waals surface area contributed by atoms with Crippen molar-refractivity contribution in [2.45, 2.75) is 70.9 Å². The van der Waals surface area contributed by atoms with Crippen molar-refractivity contribution in [1.82, 2.24) is 10.2 Å². The van der Waals surface area contributed by atoms with Crippen molar-refractivity contribution in [3.63, 3.8) is 0 Å². The van der Waals surface area contributed by atoms with Gasteiger partial charge in [0.15, 0.2) is 0 Å². The van der Waals surface area contributed by atoms with Crippen LogP contribution in [0.3, 0.4) is 0 Å². The van der Waals surface area contributed by atoms with E-state index in [-0.39, 0.29) is 0 Å². The second kappa shape index (κ2) is 6.75. The first-order valence-electron chi connectivity index (χ1n) is 7.82. The Morgan fingerprint density at radius 1 is 1.18 bits per heavy atom. The van der Waals surface area contributed by atoms with Crippen molar-refractivity contribution >= 4 is 0 Å². The van der Waals surface area contributed by atoms with Crippen LogP contribution in [0.2, 0.25) is 0 Å². The fourth-order valence-electron chi connectivity index (χ4n) is 3.54. The Bertz CT molecular complexity index is 213. The van der Waals surface area contributed by atoms with Crippen LogP contribution in [0.25, 0.3) is 0 Å². The lowest BCUT2D eigenvalue weighted by Gasteiger charge is -2.44. The minimum absolute atomic E-state index is 0.762. The minimum atomic E-state index is 0.762. The summed E-state index contributed by atoms with van der Waals surface area (Å²) in [5.74, 6) is 1.02. The molecule has 1 heterocycles. The van der Waals surface area contributed by atoms with E-state index in [1.165, 1.54) is 64.6 Å². The second-order valence-corrected chi connectivity index (χ2v) is 5.95. The van der Waals surface area contributed by atoms with E-state index in [1.54, 1.807) is 0 Å². The summed E-state index contributed by atoms with van der Waals surface area (Å²) in [4.78, 5) is 2.79. The van der Waals surface area contributed by atoms with Crippen LogP contribution >= 0.6 is 0 Å². The molecule has 2 nitrogen and oxygen atoms in total. The third-order valence-corrected chi connectivity index (χ3v) is 4.72. The van der Waals surface area contributed by atoms with Crippen molar-refractivity contribution in [3.05, 3.63) is 0 Å². The summed E-state index contributed by atoms with van der Waals surface area (Å²) in [6, 6.07) is 1.65. The lowest BCUT2D eigenvalue weighted by Crippen LogP contribution is -2.52. The molecule has 2 aliphatic rings. The fourth-order valence-corrected chi connectivity index (χ4v) is 3.54. The van der Waals surface area contributed by atoms with E-state index in [4.69, 9.17) is 0 Å². The normalized spacial score (nSPS) is 28.9. The SMILES string of the molecule is CCCNC1CCCN(C(CC)C2CCC2)C1. The van der Waals surface area contributed by atoms with Crippen molar-refractivity contribution in [1.29, 1.82) is 0 Å². The van der Waals surface area contributed by atoms with Gasteiger partial charge in [-0.05, 0) is 57.5 Å². The summed E-state index contributed by atoms with van der Waals surface area (Å²) in [5.41, 5.74) is 0. The van der Waals surface area contributed by atoms with Crippen LogP contribution in [-0.2, 0) is 0 Å². The largest absolute Gasteiger partial charge is 0.313 e. The quantitative estimate of drug-likeness (QED) is 0.765. The molecule has 2 atom stereocenters. The molecule has 1 saturated heterocycles. The van der Waals surface area contributed by atoms with E-state index < -0.39 is 0 Å². The zero-order chi connectivity index (χ0) is 12.1. The highest BCUT2D eigenvalue weighted by molar-refractivity contribution is 4.88. The maximum absolute atomic E-state index is 3.71. The van der Waals surface area contributed by atoms with Crippen LogP contribution in [0.15, 0.2) is 0 Å². The van der Waals surface area contributed by atoms with Crippen LogP contribution < -0.4 is 5.32 Å².